The Morgan fingerprint density at radius 1 is 1.04 bits per heavy atom. The van der Waals surface area contributed by atoms with Crippen molar-refractivity contribution in [3.8, 4) is 0 Å². The van der Waals surface area contributed by atoms with Gasteiger partial charge in [0.2, 0.25) is 0 Å². The predicted molar refractivity (Wildman–Crippen MR) is 106 cm³/mol. The summed E-state index contributed by atoms with van der Waals surface area (Å²) in [5, 5.41) is 13.5. The first kappa shape index (κ1) is 19.5. The second-order valence-corrected chi connectivity index (χ2v) is 7.46. The van der Waals surface area contributed by atoms with Gasteiger partial charge in [-0.15, -0.1) is 0 Å². The van der Waals surface area contributed by atoms with Gasteiger partial charge in [-0.05, 0) is 42.5 Å². The SMILES string of the molecule is CC1CC(C)CN(C(=O)c2ccccc2NC(=O)c2ccc([N+](=O)[O-])cc2)C1. The van der Waals surface area contributed by atoms with Crippen LogP contribution in [0.3, 0.4) is 0 Å². The maximum Gasteiger partial charge on any atom is 0.269 e. The van der Waals surface area contributed by atoms with Crippen molar-refractivity contribution in [1.29, 1.82) is 0 Å². The third-order valence-electron chi connectivity index (χ3n) is 4.90. The van der Waals surface area contributed by atoms with Crippen LogP contribution in [0.15, 0.2) is 48.5 Å². The Balaban J connectivity index is 1.79. The number of nitro benzene ring substituents is 1. The molecule has 1 N–H and O–H groups in total. The van der Waals surface area contributed by atoms with Gasteiger partial charge in [-0.1, -0.05) is 26.0 Å². The van der Waals surface area contributed by atoms with Gasteiger partial charge in [0.25, 0.3) is 17.5 Å². The number of piperidine rings is 1. The molecular formula is C21H23N3O4. The molecule has 2 unspecified atom stereocenters. The van der Waals surface area contributed by atoms with Gasteiger partial charge in [0, 0.05) is 30.8 Å². The van der Waals surface area contributed by atoms with Crippen LogP contribution in [0.4, 0.5) is 11.4 Å². The van der Waals surface area contributed by atoms with Gasteiger partial charge in [-0.25, -0.2) is 0 Å². The fourth-order valence-corrected chi connectivity index (χ4v) is 3.71. The van der Waals surface area contributed by atoms with Crippen LogP contribution in [0.1, 0.15) is 41.0 Å². The Morgan fingerprint density at radius 2 is 1.64 bits per heavy atom. The van der Waals surface area contributed by atoms with Crippen LogP contribution in [0.25, 0.3) is 0 Å². The second kappa shape index (κ2) is 8.21. The monoisotopic (exact) mass is 381 g/mol. The van der Waals surface area contributed by atoms with Crippen molar-refractivity contribution in [2.75, 3.05) is 18.4 Å². The zero-order valence-electron chi connectivity index (χ0n) is 15.9. The number of benzene rings is 2. The molecule has 2 amide bonds. The van der Waals surface area contributed by atoms with Gasteiger partial charge < -0.3 is 10.2 Å². The molecule has 0 aromatic heterocycles. The Hall–Kier alpha value is -3.22. The number of non-ortho nitro benzene ring substituents is 1. The first-order valence-electron chi connectivity index (χ1n) is 9.29. The highest BCUT2D eigenvalue weighted by atomic mass is 16.6. The lowest BCUT2D eigenvalue weighted by Crippen LogP contribution is -2.42. The van der Waals surface area contributed by atoms with Gasteiger partial charge >= 0.3 is 0 Å². The lowest BCUT2D eigenvalue weighted by Gasteiger charge is -2.35. The van der Waals surface area contributed by atoms with E-state index in [1.807, 2.05) is 4.90 Å². The Kier molecular flexibility index (Phi) is 5.73. The highest BCUT2D eigenvalue weighted by molar-refractivity contribution is 6.09. The maximum absolute atomic E-state index is 13.0. The van der Waals surface area contributed by atoms with Crippen LogP contribution in [0.5, 0.6) is 0 Å². The zero-order valence-corrected chi connectivity index (χ0v) is 15.9. The molecule has 0 bridgehead atoms. The molecule has 2 aromatic carbocycles. The molecule has 1 aliphatic rings. The average molecular weight is 381 g/mol. The fraction of sp³-hybridized carbons (Fsp3) is 0.333. The molecule has 0 saturated carbocycles. The number of hydrogen-bond acceptors (Lipinski definition) is 4. The van der Waals surface area contributed by atoms with Crippen molar-refractivity contribution in [2.24, 2.45) is 11.8 Å². The Labute approximate surface area is 163 Å². The second-order valence-electron chi connectivity index (χ2n) is 7.46. The van der Waals surface area contributed by atoms with Gasteiger partial charge in [0.15, 0.2) is 0 Å². The third kappa shape index (κ3) is 4.36. The molecular weight excluding hydrogens is 358 g/mol. The smallest absolute Gasteiger partial charge is 0.269 e. The number of nitro groups is 1. The van der Waals surface area contributed by atoms with Crippen molar-refractivity contribution in [1.82, 2.24) is 4.90 Å². The summed E-state index contributed by atoms with van der Waals surface area (Å²) in [7, 11) is 0. The topological polar surface area (TPSA) is 92.6 Å². The summed E-state index contributed by atoms with van der Waals surface area (Å²) in [6.45, 7) is 5.68. The minimum absolute atomic E-state index is 0.0829. The first-order valence-corrected chi connectivity index (χ1v) is 9.29. The Morgan fingerprint density at radius 3 is 2.25 bits per heavy atom. The van der Waals surface area contributed by atoms with Crippen LogP contribution in [0.2, 0.25) is 0 Å². The molecule has 0 radical (unpaired) electrons. The minimum atomic E-state index is -0.518. The van der Waals surface area contributed by atoms with E-state index >= 15 is 0 Å². The number of rotatable bonds is 4. The summed E-state index contributed by atoms with van der Waals surface area (Å²) < 4.78 is 0. The summed E-state index contributed by atoms with van der Waals surface area (Å²) in [6, 6.07) is 12.3. The highest BCUT2D eigenvalue weighted by Crippen LogP contribution is 2.25. The molecule has 0 aliphatic carbocycles. The number of carbonyl (C=O) groups is 2. The van der Waals surface area contributed by atoms with Crippen molar-refractivity contribution < 1.29 is 14.5 Å². The largest absolute Gasteiger partial charge is 0.338 e. The zero-order chi connectivity index (χ0) is 20.3. The molecule has 3 rings (SSSR count). The number of carbonyl (C=O) groups excluding carboxylic acids is 2. The van der Waals surface area contributed by atoms with Crippen LogP contribution in [-0.4, -0.2) is 34.7 Å². The molecule has 146 valence electrons. The molecule has 7 heteroatoms. The number of nitrogens with one attached hydrogen (secondary N) is 1. The van der Waals surface area contributed by atoms with Crippen LogP contribution >= 0.6 is 0 Å². The summed E-state index contributed by atoms with van der Waals surface area (Å²) in [5.41, 5.74) is 1.08. The summed E-state index contributed by atoms with van der Waals surface area (Å²) >= 11 is 0. The molecule has 28 heavy (non-hydrogen) atoms. The van der Waals surface area contributed by atoms with E-state index in [-0.39, 0.29) is 17.2 Å². The number of hydrogen-bond donors (Lipinski definition) is 1. The molecule has 1 fully saturated rings. The molecule has 1 saturated heterocycles. The van der Waals surface area contributed by atoms with Gasteiger partial charge in [-0.3, -0.25) is 19.7 Å². The van der Waals surface area contributed by atoms with Crippen LogP contribution < -0.4 is 5.32 Å². The van der Waals surface area contributed by atoms with E-state index in [0.717, 1.165) is 6.42 Å². The number of amides is 2. The summed E-state index contributed by atoms with van der Waals surface area (Å²) in [6.07, 6.45) is 1.10. The maximum atomic E-state index is 13.0. The molecule has 1 aliphatic heterocycles. The first-order chi connectivity index (χ1) is 13.3. The van der Waals surface area contributed by atoms with E-state index in [9.17, 15) is 19.7 Å². The van der Waals surface area contributed by atoms with Crippen molar-refractivity contribution in [2.45, 2.75) is 20.3 Å². The molecule has 7 nitrogen and oxygen atoms in total. The van der Waals surface area contributed by atoms with E-state index in [2.05, 4.69) is 19.2 Å². The molecule has 2 atom stereocenters. The quantitative estimate of drug-likeness (QED) is 0.641. The van der Waals surface area contributed by atoms with E-state index < -0.39 is 10.8 Å². The summed E-state index contributed by atoms with van der Waals surface area (Å²) in [4.78, 5) is 37.7. The number of nitrogens with zero attached hydrogens (tertiary/aromatic N) is 2. The lowest BCUT2D eigenvalue weighted by molar-refractivity contribution is -0.384. The fourth-order valence-electron chi connectivity index (χ4n) is 3.71. The van der Waals surface area contributed by atoms with E-state index in [1.54, 1.807) is 24.3 Å². The van der Waals surface area contributed by atoms with Gasteiger partial charge in [-0.2, -0.15) is 0 Å². The highest BCUT2D eigenvalue weighted by Gasteiger charge is 2.27. The van der Waals surface area contributed by atoms with Crippen LogP contribution in [-0.2, 0) is 0 Å². The van der Waals surface area contributed by atoms with Crippen molar-refractivity contribution in [3.05, 3.63) is 69.8 Å². The number of likely N-dealkylation sites (tertiary alicyclic amines) is 1. The van der Waals surface area contributed by atoms with Crippen molar-refractivity contribution in [3.63, 3.8) is 0 Å². The summed E-state index contributed by atoms with van der Waals surface area (Å²) in [5.74, 6) is 0.359. The third-order valence-corrected chi connectivity index (χ3v) is 4.90. The average Bonchev–Trinajstić information content (AvgIpc) is 2.67. The van der Waals surface area contributed by atoms with Gasteiger partial charge in [0.05, 0.1) is 16.2 Å². The van der Waals surface area contributed by atoms with E-state index in [1.165, 1.54) is 24.3 Å². The Bertz CT molecular complexity index is 885. The van der Waals surface area contributed by atoms with Crippen molar-refractivity contribution >= 4 is 23.2 Å². The minimum Gasteiger partial charge on any atom is -0.338 e. The van der Waals surface area contributed by atoms with Gasteiger partial charge in [0.1, 0.15) is 0 Å². The van der Waals surface area contributed by atoms with E-state index in [0.29, 0.717) is 36.2 Å². The molecule has 1 heterocycles. The normalized spacial score (nSPS) is 19.1. The molecule has 0 spiro atoms. The molecule has 2 aromatic rings. The number of para-hydroxylation sites is 1. The standard InChI is InChI=1S/C21H23N3O4/c1-14-11-15(2)13-23(12-14)21(26)18-5-3-4-6-19(18)22-20(25)16-7-9-17(10-8-16)24(27)28/h3-10,14-15H,11-13H2,1-2H3,(H,22,25). The predicted octanol–water partition coefficient (Wildman–Crippen LogP) is 3.97. The van der Waals surface area contributed by atoms with Crippen LogP contribution in [0, 0.1) is 22.0 Å². The lowest BCUT2D eigenvalue weighted by atomic mass is 9.91. The van der Waals surface area contributed by atoms with E-state index in [4.69, 9.17) is 0 Å². The number of anilines is 1.